The fraction of sp³-hybridized carbons (Fsp3) is 0.350. The van der Waals surface area contributed by atoms with Crippen LogP contribution in [0.2, 0.25) is 0 Å². The van der Waals surface area contributed by atoms with Crippen LogP contribution in [0.5, 0.6) is 0 Å². The lowest BCUT2D eigenvalue weighted by atomic mass is 10.1. The molecule has 0 radical (unpaired) electrons. The van der Waals surface area contributed by atoms with Crippen LogP contribution in [0.15, 0.2) is 121 Å². The van der Waals surface area contributed by atoms with Crippen molar-refractivity contribution in [3.8, 4) is 0 Å². The van der Waals surface area contributed by atoms with Crippen LogP contribution in [0.1, 0.15) is 47.9 Å². The Balaban J connectivity index is 0.000000251. The largest absolute Gasteiger partial charge is 0.356 e. The lowest BCUT2D eigenvalue weighted by Gasteiger charge is -2.07. The summed E-state index contributed by atoms with van der Waals surface area (Å²) in [5.41, 5.74) is 5.27. The van der Waals surface area contributed by atoms with Gasteiger partial charge in [0, 0.05) is 39.0 Å². The molecule has 244 valence electrons. The molecule has 0 heterocycles. The van der Waals surface area contributed by atoms with Gasteiger partial charge in [-0.2, -0.15) is 0 Å². The van der Waals surface area contributed by atoms with Crippen LogP contribution < -0.4 is 21.3 Å². The first-order valence-electron chi connectivity index (χ1n) is 16.8. The Kier molecular flexibility index (Phi) is 18.9. The predicted molar refractivity (Wildman–Crippen MR) is 191 cm³/mol. The quantitative estimate of drug-likeness (QED) is 0.0926. The lowest BCUT2D eigenvalue weighted by Crippen LogP contribution is -2.29. The number of nitrogens with one attached hydrogen (secondary N) is 4. The van der Waals surface area contributed by atoms with E-state index in [1.165, 1.54) is 22.3 Å². The van der Waals surface area contributed by atoms with E-state index in [9.17, 15) is 9.59 Å². The van der Waals surface area contributed by atoms with Gasteiger partial charge in [-0.15, -0.1) is 0 Å². The Hall–Kier alpha value is -4.26. The molecule has 0 aromatic heterocycles. The summed E-state index contributed by atoms with van der Waals surface area (Å²) in [6.07, 6.45) is 7.14. The van der Waals surface area contributed by atoms with E-state index in [4.69, 9.17) is 0 Å². The molecule has 4 N–H and O–H groups in total. The third kappa shape index (κ3) is 17.9. The third-order valence-corrected chi connectivity index (χ3v) is 7.54. The highest BCUT2D eigenvalue weighted by molar-refractivity contribution is 5.76. The van der Waals surface area contributed by atoms with Crippen LogP contribution in [0, 0.1) is 0 Å². The van der Waals surface area contributed by atoms with Crippen LogP contribution in [-0.4, -0.2) is 51.1 Å². The van der Waals surface area contributed by atoms with E-state index in [0.29, 0.717) is 19.4 Å². The fourth-order valence-corrected chi connectivity index (χ4v) is 4.93. The molecule has 4 aromatic rings. The van der Waals surface area contributed by atoms with Gasteiger partial charge in [0.1, 0.15) is 0 Å². The van der Waals surface area contributed by atoms with Crippen molar-refractivity contribution >= 4 is 11.8 Å². The molecule has 0 fully saturated rings. The van der Waals surface area contributed by atoms with Gasteiger partial charge in [0.2, 0.25) is 11.8 Å². The minimum Gasteiger partial charge on any atom is -0.356 e. The minimum atomic E-state index is 0.114. The smallest absolute Gasteiger partial charge is 0.221 e. The van der Waals surface area contributed by atoms with E-state index in [1.807, 2.05) is 36.4 Å². The highest BCUT2D eigenvalue weighted by Crippen LogP contribution is 2.03. The van der Waals surface area contributed by atoms with E-state index in [0.717, 1.165) is 71.2 Å². The maximum atomic E-state index is 11.8. The fourth-order valence-electron chi connectivity index (χ4n) is 4.93. The van der Waals surface area contributed by atoms with Gasteiger partial charge in [-0.25, -0.2) is 0 Å². The summed E-state index contributed by atoms with van der Waals surface area (Å²) in [4.78, 5) is 23.5. The van der Waals surface area contributed by atoms with Crippen molar-refractivity contribution in [3.05, 3.63) is 144 Å². The van der Waals surface area contributed by atoms with Gasteiger partial charge in [0.15, 0.2) is 0 Å². The van der Waals surface area contributed by atoms with Crippen molar-refractivity contribution in [2.75, 3.05) is 39.3 Å². The zero-order valence-electron chi connectivity index (χ0n) is 27.3. The van der Waals surface area contributed by atoms with Crippen molar-refractivity contribution in [2.45, 2.75) is 51.4 Å². The van der Waals surface area contributed by atoms with E-state index < -0.39 is 0 Å². The first-order chi connectivity index (χ1) is 22.7. The molecule has 0 bridgehead atoms. The highest BCUT2D eigenvalue weighted by Gasteiger charge is 2.02. The van der Waals surface area contributed by atoms with E-state index >= 15 is 0 Å². The van der Waals surface area contributed by atoms with Crippen LogP contribution in [0.4, 0.5) is 0 Å². The molecule has 0 atom stereocenters. The Morgan fingerprint density at radius 3 is 1.17 bits per heavy atom. The second kappa shape index (κ2) is 24.0. The number of rotatable bonds is 20. The summed E-state index contributed by atoms with van der Waals surface area (Å²) < 4.78 is 0. The lowest BCUT2D eigenvalue weighted by molar-refractivity contribution is -0.121. The molecule has 0 aliphatic heterocycles. The summed E-state index contributed by atoms with van der Waals surface area (Å²) in [5.74, 6) is 0.252. The Labute approximate surface area is 276 Å². The molecule has 0 spiro atoms. The molecule has 4 aromatic carbocycles. The molecule has 46 heavy (non-hydrogen) atoms. The molecule has 0 unspecified atom stereocenters. The number of benzene rings is 4. The number of amides is 2. The number of hydrogen-bond acceptors (Lipinski definition) is 4. The molecule has 0 saturated carbocycles. The minimum absolute atomic E-state index is 0.114. The van der Waals surface area contributed by atoms with Crippen LogP contribution >= 0.6 is 0 Å². The molecular weight excluding hydrogens is 568 g/mol. The Morgan fingerprint density at radius 2 is 0.717 bits per heavy atom. The third-order valence-electron chi connectivity index (χ3n) is 7.54. The second-order valence-corrected chi connectivity index (χ2v) is 11.3. The SMILES string of the molecule is O=C(CCNCCCc1ccccc1)NCCCc1ccccc1.O=C(CCNCCc1ccccc1)NCCc1ccccc1. The monoisotopic (exact) mass is 620 g/mol. The number of carbonyl (C=O) groups excluding carboxylic acids is 2. The van der Waals surface area contributed by atoms with E-state index in [-0.39, 0.29) is 11.8 Å². The maximum Gasteiger partial charge on any atom is 0.221 e. The van der Waals surface area contributed by atoms with Gasteiger partial charge in [-0.3, -0.25) is 9.59 Å². The molecule has 6 heteroatoms. The standard InChI is InChI=1S/C21H28N2O.C19H24N2O/c24-21(23-17-8-14-20-11-5-2-6-12-20)15-18-22-16-7-13-19-9-3-1-4-10-19;22-19(21-16-12-18-9-5-2-6-10-18)13-15-20-14-11-17-7-3-1-4-8-17/h1-6,9-12,22H,7-8,13-18H2,(H,23,24);1-10,20H,11-16H2,(H,21,22). The first-order valence-corrected chi connectivity index (χ1v) is 16.8. The molecule has 0 saturated heterocycles. The van der Waals surface area contributed by atoms with Gasteiger partial charge in [0.05, 0.1) is 0 Å². The van der Waals surface area contributed by atoms with Gasteiger partial charge in [-0.1, -0.05) is 121 Å². The molecule has 0 aliphatic rings. The predicted octanol–water partition coefficient (Wildman–Crippen LogP) is 5.92. The summed E-state index contributed by atoms with van der Waals surface area (Å²) in [6.45, 7) is 4.79. The topological polar surface area (TPSA) is 82.3 Å². The number of aryl methyl sites for hydroxylation is 2. The average Bonchev–Trinajstić information content (AvgIpc) is 3.10. The Morgan fingerprint density at radius 1 is 0.370 bits per heavy atom. The molecule has 0 aliphatic carbocycles. The molecule has 2 amide bonds. The Bertz CT molecular complexity index is 1320. The van der Waals surface area contributed by atoms with Gasteiger partial charge in [0.25, 0.3) is 0 Å². The van der Waals surface area contributed by atoms with E-state index in [1.54, 1.807) is 0 Å². The van der Waals surface area contributed by atoms with E-state index in [2.05, 4.69) is 106 Å². The zero-order valence-corrected chi connectivity index (χ0v) is 27.3. The number of hydrogen-bond donors (Lipinski definition) is 4. The molecule has 4 rings (SSSR count). The normalized spacial score (nSPS) is 10.4. The van der Waals surface area contributed by atoms with Gasteiger partial charge >= 0.3 is 0 Å². The summed E-state index contributed by atoms with van der Waals surface area (Å²) in [6, 6.07) is 41.5. The van der Waals surface area contributed by atoms with Crippen LogP contribution in [-0.2, 0) is 35.3 Å². The van der Waals surface area contributed by atoms with Crippen LogP contribution in [0.3, 0.4) is 0 Å². The van der Waals surface area contributed by atoms with Crippen molar-refractivity contribution < 1.29 is 9.59 Å². The van der Waals surface area contributed by atoms with Crippen molar-refractivity contribution in [1.29, 1.82) is 0 Å². The second-order valence-electron chi connectivity index (χ2n) is 11.3. The average molecular weight is 621 g/mol. The maximum absolute atomic E-state index is 11.8. The van der Waals surface area contributed by atoms with Crippen molar-refractivity contribution in [3.63, 3.8) is 0 Å². The summed E-state index contributed by atoms with van der Waals surface area (Å²) in [5, 5.41) is 12.6. The summed E-state index contributed by atoms with van der Waals surface area (Å²) in [7, 11) is 0. The highest BCUT2D eigenvalue weighted by atomic mass is 16.2. The molecular formula is C40H52N4O2. The summed E-state index contributed by atoms with van der Waals surface area (Å²) >= 11 is 0. The van der Waals surface area contributed by atoms with Crippen molar-refractivity contribution in [2.24, 2.45) is 0 Å². The zero-order chi connectivity index (χ0) is 32.3. The number of carbonyl (C=O) groups is 2. The van der Waals surface area contributed by atoms with Gasteiger partial charge in [-0.05, 0) is 73.9 Å². The van der Waals surface area contributed by atoms with Crippen molar-refractivity contribution in [1.82, 2.24) is 21.3 Å². The van der Waals surface area contributed by atoms with Gasteiger partial charge < -0.3 is 21.3 Å². The molecule has 6 nitrogen and oxygen atoms in total. The first kappa shape index (κ1) is 36.2. The van der Waals surface area contributed by atoms with Crippen LogP contribution in [0.25, 0.3) is 0 Å².